The minimum Gasteiger partial charge on any atom is -0.454 e. The standard InChI is InChI=1S/C20H28N2O6S/c1-14-6-7-17(10-15(14)2)29(26,27)22-12-16(23)11-18(22)20(25)28-13-19(24)21-8-4-3-5-9-21/h6-7,10,16,18,23H,3-5,8-9,11-13H2,1-2H3/t16?,18-/m0/s1. The van der Waals surface area contributed by atoms with Crippen molar-refractivity contribution >= 4 is 21.9 Å². The Kier molecular flexibility index (Phi) is 6.60. The highest BCUT2D eigenvalue weighted by Gasteiger charge is 2.44. The van der Waals surface area contributed by atoms with Crippen molar-refractivity contribution in [3.63, 3.8) is 0 Å². The number of amides is 1. The van der Waals surface area contributed by atoms with Gasteiger partial charge in [0.15, 0.2) is 6.61 Å². The molecule has 2 heterocycles. The van der Waals surface area contributed by atoms with Crippen LogP contribution < -0.4 is 0 Å². The number of aliphatic hydroxyl groups is 1. The summed E-state index contributed by atoms with van der Waals surface area (Å²) in [5, 5.41) is 10.0. The highest BCUT2D eigenvalue weighted by Crippen LogP contribution is 2.28. The number of carbonyl (C=O) groups excluding carboxylic acids is 2. The van der Waals surface area contributed by atoms with Crippen LogP contribution in [0.1, 0.15) is 36.8 Å². The third kappa shape index (κ3) is 4.79. The summed E-state index contributed by atoms with van der Waals surface area (Å²) < 4.78 is 32.3. The Hall–Kier alpha value is -1.97. The molecule has 0 aliphatic carbocycles. The molecule has 9 heteroatoms. The van der Waals surface area contributed by atoms with Gasteiger partial charge in [-0.15, -0.1) is 0 Å². The summed E-state index contributed by atoms with van der Waals surface area (Å²) in [6.07, 6.45) is 1.91. The van der Waals surface area contributed by atoms with Crippen LogP contribution >= 0.6 is 0 Å². The summed E-state index contributed by atoms with van der Waals surface area (Å²) >= 11 is 0. The van der Waals surface area contributed by atoms with Gasteiger partial charge in [-0.05, 0) is 56.4 Å². The van der Waals surface area contributed by atoms with Crippen LogP contribution in [-0.4, -0.2) is 73.0 Å². The molecule has 1 unspecified atom stereocenters. The molecule has 2 aliphatic rings. The van der Waals surface area contributed by atoms with E-state index in [-0.39, 0.29) is 23.8 Å². The summed E-state index contributed by atoms with van der Waals surface area (Å²) in [5.74, 6) is -1.08. The van der Waals surface area contributed by atoms with Crippen LogP contribution in [0.2, 0.25) is 0 Å². The lowest BCUT2D eigenvalue weighted by molar-refractivity contribution is -0.155. The van der Waals surface area contributed by atoms with Gasteiger partial charge < -0.3 is 14.7 Å². The van der Waals surface area contributed by atoms with Gasteiger partial charge in [-0.3, -0.25) is 9.59 Å². The molecule has 1 N–H and O–H groups in total. The summed E-state index contributed by atoms with van der Waals surface area (Å²) in [7, 11) is -3.99. The molecule has 0 saturated carbocycles. The van der Waals surface area contributed by atoms with Gasteiger partial charge in [0.1, 0.15) is 6.04 Å². The highest BCUT2D eigenvalue weighted by molar-refractivity contribution is 7.89. The molecule has 1 amide bonds. The molecular weight excluding hydrogens is 396 g/mol. The molecule has 8 nitrogen and oxygen atoms in total. The topological polar surface area (TPSA) is 104 Å². The Morgan fingerprint density at radius 3 is 2.48 bits per heavy atom. The van der Waals surface area contributed by atoms with E-state index in [4.69, 9.17) is 4.74 Å². The van der Waals surface area contributed by atoms with Gasteiger partial charge in [0, 0.05) is 26.1 Å². The van der Waals surface area contributed by atoms with Crippen LogP contribution in [0.15, 0.2) is 23.1 Å². The summed E-state index contributed by atoms with van der Waals surface area (Å²) in [5.41, 5.74) is 1.77. The lowest BCUT2D eigenvalue weighted by Gasteiger charge is -2.27. The van der Waals surface area contributed by atoms with E-state index in [1.165, 1.54) is 6.07 Å². The quantitative estimate of drug-likeness (QED) is 0.707. The van der Waals surface area contributed by atoms with Crippen LogP contribution in [0.25, 0.3) is 0 Å². The van der Waals surface area contributed by atoms with E-state index < -0.39 is 34.7 Å². The summed E-state index contributed by atoms with van der Waals surface area (Å²) in [6.45, 7) is 4.38. The second-order valence-corrected chi connectivity index (χ2v) is 9.67. The molecule has 0 aromatic heterocycles. The fourth-order valence-electron chi connectivity index (χ4n) is 3.74. The number of aryl methyl sites for hydroxylation is 2. The Balaban J connectivity index is 1.71. The van der Waals surface area contributed by atoms with Crippen molar-refractivity contribution in [1.82, 2.24) is 9.21 Å². The van der Waals surface area contributed by atoms with Crippen molar-refractivity contribution in [3.05, 3.63) is 29.3 Å². The molecule has 2 atom stereocenters. The Morgan fingerprint density at radius 2 is 1.83 bits per heavy atom. The molecule has 3 rings (SSSR count). The highest BCUT2D eigenvalue weighted by atomic mass is 32.2. The van der Waals surface area contributed by atoms with Gasteiger partial charge in [-0.2, -0.15) is 4.31 Å². The van der Waals surface area contributed by atoms with E-state index in [1.807, 2.05) is 13.8 Å². The van der Waals surface area contributed by atoms with Crippen LogP contribution in [-0.2, 0) is 24.3 Å². The molecule has 0 bridgehead atoms. The van der Waals surface area contributed by atoms with Crippen LogP contribution in [0.4, 0.5) is 0 Å². The molecule has 0 spiro atoms. The zero-order valence-corrected chi connectivity index (χ0v) is 17.7. The normalized spacial score (nSPS) is 23.2. The molecule has 0 radical (unpaired) electrons. The molecule has 2 fully saturated rings. The number of hydrogen-bond acceptors (Lipinski definition) is 6. The maximum atomic E-state index is 13.1. The van der Waals surface area contributed by atoms with Crippen LogP contribution in [0, 0.1) is 13.8 Å². The van der Waals surface area contributed by atoms with Gasteiger partial charge in [0.05, 0.1) is 11.0 Å². The Labute approximate surface area is 171 Å². The molecule has 2 aliphatic heterocycles. The second-order valence-electron chi connectivity index (χ2n) is 7.78. The van der Waals surface area contributed by atoms with Gasteiger partial charge in [0.25, 0.3) is 5.91 Å². The smallest absolute Gasteiger partial charge is 0.325 e. The molecule has 2 saturated heterocycles. The minimum absolute atomic E-state index is 0.0548. The molecular formula is C20H28N2O6S. The first-order valence-electron chi connectivity index (χ1n) is 9.91. The van der Waals surface area contributed by atoms with Crippen LogP contribution in [0.3, 0.4) is 0 Å². The number of piperidine rings is 1. The molecule has 1 aromatic carbocycles. The molecule has 29 heavy (non-hydrogen) atoms. The third-order valence-electron chi connectivity index (χ3n) is 5.64. The monoisotopic (exact) mass is 424 g/mol. The van der Waals surface area contributed by atoms with Crippen molar-refractivity contribution in [2.24, 2.45) is 0 Å². The largest absolute Gasteiger partial charge is 0.454 e. The summed E-state index contributed by atoms with van der Waals surface area (Å²) in [6, 6.07) is 3.60. The van der Waals surface area contributed by atoms with E-state index >= 15 is 0 Å². The van der Waals surface area contributed by atoms with Crippen molar-refractivity contribution in [3.8, 4) is 0 Å². The van der Waals surface area contributed by atoms with Crippen molar-refractivity contribution in [2.45, 2.75) is 56.6 Å². The summed E-state index contributed by atoms with van der Waals surface area (Å²) in [4.78, 5) is 26.5. The number of nitrogens with zero attached hydrogens (tertiary/aromatic N) is 2. The number of β-amino-alcohol motifs (C(OH)–C–C–N with tert-alkyl or cyclic N) is 1. The zero-order chi connectivity index (χ0) is 21.2. The predicted octanol–water partition coefficient (Wildman–Crippen LogP) is 0.983. The van der Waals surface area contributed by atoms with Gasteiger partial charge in [-0.1, -0.05) is 6.07 Å². The zero-order valence-electron chi connectivity index (χ0n) is 16.8. The van der Waals surface area contributed by atoms with E-state index in [2.05, 4.69) is 0 Å². The number of likely N-dealkylation sites (tertiary alicyclic amines) is 1. The Morgan fingerprint density at radius 1 is 1.14 bits per heavy atom. The number of aliphatic hydroxyl groups excluding tert-OH is 1. The first kappa shape index (κ1) is 21.7. The van der Waals surface area contributed by atoms with E-state index in [0.717, 1.165) is 34.7 Å². The minimum atomic E-state index is -3.99. The third-order valence-corrected chi connectivity index (χ3v) is 7.51. The second kappa shape index (κ2) is 8.81. The molecule has 1 aromatic rings. The first-order valence-corrected chi connectivity index (χ1v) is 11.4. The number of sulfonamides is 1. The van der Waals surface area contributed by atoms with Crippen molar-refractivity contribution < 1.29 is 27.9 Å². The van der Waals surface area contributed by atoms with Crippen molar-refractivity contribution in [2.75, 3.05) is 26.2 Å². The fraction of sp³-hybridized carbons (Fsp3) is 0.600. The lowest BCUT2D eigenvalue weighted by Crippen LogP contribution is -2.43. The average Bonchev–Trinajstić information content (AvgIpc) is 3.11. The number of hydrogen-bond donors (Lipinski definition) is 1. The number of ether oxygens (including phenoxy) is 1. The number of benzene rings is 1. The van der Waals surface area contributed by atoms with E-state index in [9.17, 15) is 23.1 Å². The Bertz CT molecular complexity index is 879. The maximum Gasteiger partial charge on any atom is 0.325 e. The molecule has 160 valence electrons. The van der Waals surface area contributed by atoms with E-state index in [0.29, 0.717) is 13.1 Å². The number of rotatable bonds is 5. The fourth-order valence-corrected chi connectivity index (χ4v) is 5.45. The SMILES string of the molecule is Cc1ccc(S(=O)(=O)N2CC(O)C[C@H]2C(=O)OCC(=O)N2CCCCC2)cc1C. The average molecular weight is 425 g/mol. The van der Waals surface area contributed by atoms with Gasteiger partial charge in [0.2, 0.25) is 10.0 Å². The number of esters is 1. The maximum absolute atomic E-state index is 13.1. The lowest BCUT2D eigenvalue weighted by atomic mass is 10.1. The predicted molar refractivity (Wildman–Crippen MR) is 106 cm³/mol. The van der Waals surface area contributed by atoms with Crippen molar-refractivity contribution in [1.29, 1.82) is 0 Å². The number of carbonyl (C=O) groups is 2. The first-order chi connectivity index (χ1) is 13.7. The van der Waals surface area contributed by atoms with Gasteiger partial charge >= 0.3 is 5.97 Å². The van der Waals surface area contributed by atoms with Gasteiger partial charge in [-0.25, -0.2) is 8.42 Å². The van der Waals surface area contributed by atoms with E-state index in [1.54, 1.807) is 17.0 Å². The van der Waals surface area contributed by atoms with Crippen LogP contribution in [0.5, 0.6) is 0 Å².